The number of nitrogens with two attached hydrogens (primary N) is 1. The minimum absolute atomic E-state index is 0.0760. The molecule has 0 saturated carbocycles. The van der Waals surface area contributed by atoms with Gasteiger partial charge in [-0.1, -0.05) is 77.6 Å². The highest BCUT2D eigenvalue weighted by atomic mass is 16.3. The number of carbonyl (C=O) groups is 1. The molecule has 1 amide bonds. The summed E-state index contributed by atoms with van der Waals surface area (Å²) >= 11 is 0. The first-order valence-electron chi connectivity index (χ1n) is 9.13. The second-order valence-electron chi connectivity index (χ2n) is 6.31. The molecule has 0 aliphatic rings. The number of hydrogen-bond acceptors (Lipinski definition) is 2. The highest BCUT2D eigenvalue weighted by Gasteiger charge is 1.99. The molecule has 0 radical (unpaired) electrons. The monoisotopic (exact) mass is 299 g/mol. The number of carbonyl (C=O) groups excluding carboxylic acids is 1. The molecule has 0 aromatic heterocycles. The first-order valence-corrected chi connectivity index (χ1v) is 9.13. The molecule has 3 nitrogen and oxygen atoms in total. The SMILES string of the molecule is CCC(O)CCCCCCCCCCCCCCC(N)=O. The van der Waals surface area contributed by atoms with Gasteiger partial charge in [0.1, 0.15) is 0 Å². The molecule has 1 atom stereocenters. The molecule has 0 bridgehead atoms. The summed E-state index contributed by atoms with van der Waals surface area (Å²) in [6.07, 6.45) is 17.5. The molecule has 126 valence electrons. The number of amides is 1. The minimum Gasteiger partial charge on any atom is -0.393 e. The molecule has 0 saturated heterocycles. The summed E-state index contributed by atoms with van der Waals surface area (Å²) in [5.74, 6) is -0.167. The molecular formula is C18H37NO2. The average molecular weight is 299 g/mol. The van der Waals surface area contributed by atoms with Gasteiger partial charge in [0.2, 0.25) is 5.91 Å². The molecule has 0 aliphatic heterocycles. The smallest absolute Gasteiger partial charge is 0.217 e. The van der Waals surface area contributed by atoms with Crippen LogP contribution in [0.3, 0.4) is 0 Å². The lowest BCUT2D eigenvalue weighted by molar-refractivity contribution is -0.118. The van der Waals surface area contributed by atoms with Crippen molar-refractivity contribution in [2.45, 2.75) is 109 Å². The largest absolute Gasteiger partial charge is 0.393 e. The van der Waals surface area contributed by atoms with Crippen LogP contribution in [0.4, 0.5) is 0 Å². The normalized spacial score (nSPS) is 12.5. The number of hydrogen-bond donors (Lipinski definition) is 2. The van der Waals surface area contributed by atoms with E-state index in [1.807, 2.05) is 6.92 Å². The van der Waals surface area contributed by atoms with Gasteiger partial charge in [-0.3, -0.25) is 4.79 Å². The summed E-state index contributed by atoms with van der Waals surface area (Å²) in [5, 5.41) is 9.44. The number of rotatable bonds is 16. The fourth-order valence-electron chi connectivity index (χ4n) is 2.65. The maximum Gasteiger partial charge on any atom is 0.217 e. The Hall–Kier alpha value is -0.570. The van der Waals surface area contributed by atoms with Crippen molar-refractivity contribution in [3.8, 4) is 0 Å². The van der Waals surface area contributed by atoms with E-state index in [1.54, 1.807) is 0 Å². The molecule has 21 heavy (non-hydrogen) atoms. The lowest BCUT2D eigenvalue weighted by atomic mass is 10.0. The van der Waals surface area contributed by atoms with E-state index in [2.05, 4.69) is 0 Å². The van der Waals surface area contributed by atoms with Crippen molar-refractivity contribution in [2.24, 2.45) is 5.73 Å². The third-order valence-electron chi connectivity index (χ3n) is 4.18. The van der Waals surface area contributed by atoms with Gasteiger partial charge in [-0.2, -0.15) is 0 Å². The van der Waals surface area contributed by atoms with E-state index in [9.17, 15) is 9.90 Å². The zero-order chi connectivity index (χ0) is 15.8. The van der Waals surface area contributed by atoms with Crippen molar-refractivity contribution in [3.05, 3.63) is 0 Å². The quantitative estimate of drug-likeness (QED) is 0.406. The van der Waals surface area contributed by atoms with E-state index in [1.165, 1.54) is 64.2 Å². The van der Waals surface area contributed by atoms with E-state index in [-0.39, 0.29) is 12.0 Å². The van der Waals surface area contributed by atoms with Crippen molar-refractivity contribution in [1.29, 1.82) is 0 Å². The van der Waals surface area contributed by atoms with Crippen LogP contribution in [0.25, 0.3) is 0 Å². The Morgan fingerprint density at radius 3 is 1.57 bits per heavy atom. The minimum atomic E-state index is -0.167. The second kappa shape index (κ2) is 15.8. The van der Waals surface area contributed by atoms with Crippen LogP contribution >= 0.6 is 0 Å². The maximum absolute atomic E-state index is 10.6. The van der Waals surface area contributed by atoms with Crippen LogP contribution in [0.5, 0.6) is 0 Å². The number of primary amides is 1. The first kappa shape index (κ1) is 20.4. The van der Waals surface area contributed by atoms with Gasteiger partial charge in [-0.15, -0.1) is 0 Å². The van der Waals surface area contributed by atoms with Crippen molar-refractivity contribution in [2.75, 3.05) is 0 Å². The summed E-state index contributed by atoms with van der Waals surface area (Å²) in [4.78, 5) is 10.6. The van der Waals surface area contributed by atoms with E-state index < -0.39 is 0 Å². The topological polar surface area (TPSA) is 63.3 Å². The third kappa shape index (κ3) is 17.4. The van der Waals surface area contributed by atoms with Crippen LogP contribution in [0.15, 0.2) is 0 Å². The molecular weight excluding hydrogens is 262 g/mol. The average Bonchev–Trinajstić information content (AvgIpc) is 2.46. The lowest BCUT2D eigenvalue weighted by Crippen LogP contribution is -2.09. The Bertz CT molecular complexity index is 231. The number of unbranched alkanes of at least 4 members (excludes halogenated alkanes) is 11. The zero-order valence-corrected chi connectivity index (χ0v) is 14.1. The standard InChI is InChI=1S/C18H37NO2/c1-2-17(20)15-13-11-9-7-5-3-4-6-8-10-12-14-16-18(19)21/h17,20H,2-16H2,1H3,(H2,19,21). The van der Waals surface area contributed by atoms with Gasteiger partial charge in [0.15, 0.2) is 0 Å². The van der Waals surface area contributed by atoms with Crippen LogP contribution in [0, 0.1) is 0 Å². The van der Waals surface area contributed by atoms with Crippen LogP contribution in [0.2, 0.25) is 0 Å². The molecule has 3 N–H and O–H groups in total. The van der Waals surface area contributed by atoms with Gasteiger partial charge in [-0.25, -0.2) is 0 Å². The molecule has 0 aromatic carbocycles. The highest BCUT2D eigenvalue weighted by molar-refractivity contribution is 5.73. The summed E-state index contributed by atoms with van der Waals surface area (Å²) < 4.78 is 0. The van der Waals surface area contributed by atoms with E-state index >= 15 is 0 Å². The second-order valence-corrected chi connectivity index (χ2v) is 6.31. The maximum atomic E-state index is 10.6. The molecule has 0 aliphatic carbocycles. The summed E-state index contributed by atoms with van der Waals surface area (Å²) in [7, 11) is 0. The Labute approximate surface area is 131 Å². The Morgan fingerprint density at radius 2 is 1.19 bits per heavy atom. The summed E-state index contributed by atoms with van der Waals surface area (Å²) in [5.41, 5.74) is 5.10. The van der Waals surface area contributed by atoms with Crippen LogP contribution in [-0.2, 0) is 4.79 Å². The predicted molar refractivity (Wildman–Crippen MR) is 90.1 cm³/mol. The van der Waals surface area contributed by atoms with Gasteiger partial charge in [0.05, 0.1) is 6.10 Å². The Balaban J connectivity index is 3.01. The fourth-order valence-corrected chi connectivity index (χ4v) is 2.65. The van der Waals surface area contributed by atoms with Crippen molar-refractivity contribution >= 4 is 5.91 Å². The van der Waals surface area contributed by atoms with Crippen LogP contribution < -0.4 is 5.73 Å². The number of aliphatic hydroxyl groups excluding tert-OH is 1. The van der Waals surface area contributed by atoms with E-state index in [0.29, 0.717) is 6.42 Å². The predicted octanol–water partition coefficient (Wildman–Crippen LogP) is 4.70. The van der Waals surface area contributed by atoms with Crippen LogP contribution in [0.1, 0.15) is 103 Å². The highest BCUT2D eigenvalue weighted by Crippen LogP contribution is 2.13. The molecule has 0 fully saturated rings. The van der Waals surface area contributed by atoms with Gasteiger partial charge >= 0.3 is 0 Å². The summed E-state index contributed by atoms with van der Waals surface area (Å²) in [6, 6.07) is 0. The number of aliphatic hydroxyl groups is 1. The van der Waals surface area contributed by atoms with Crippen LogP contribution in [-0.4, -0.2) is 17.1 Å². The zero-order valence-electron chi connectivity index (χ0n) is 14.1. The molecule has 3 heteroatoms. The van der Waals surface area contributed by atoms with E-state index in [0.717, 1.165) is 25.7 Å². The Morgan fingerprint density at radius 1 is 0.810 bits per heavy atom. The molecule has 0 rings (SSSR count). The lowest BCUT2D eigenvalue weighted by Gasteiger charge is -2.06. The van der Waals surface area contributed by atoms with Crippen molar-refractivity contribution < 1.29 is 9.90 Å². The first-order chi connectivity index (χ1) is 10.2. The van der Waals surface area contributed by atoms with Gasteiger partial charge in [-0.05, 0) is 19.3 Å². The van der Waals surface area contributed by atoms with Gasteiger partial charge in [0.25, 0.3) is 0 Å². The third-order valence-corrected chi connectivity index (χ3v) is 4.18. The molecule has 0 heterocycles. The summed E-state index contributed by atoms with van der Waals surface area (Å²) in [6.45, 7) is 2.04. The van der Waals surface area contributed by atoms with E-state index in [4.69, 9.17) is 5.73 Å². The molecule has 1 unspecified atom stereocenters. The Kier molecular flexibility index (Phi) is 15.4. The molecule has 0 spiro atoms. The fraction of sp³-hybridized carbons (Fsp3) is 0.944. The van der Waals surface area contributed by atoms with Gasteiger partial charge < -0.3 is 10.8 Å². The molecule has 0 aromatic rings. The van der Waals surface area contributed by atoms with Crippen molar-refractivity contribution in [3.63, 3.8) is 0 Å². The van der Waals surface area contributed by atoms with Crippen molar-refractivity contribution in [1.82, 2.24) is 0 Å². The van der Waals surface area contributed by atoms with Gasteiger partial charge in [0, 0.05) is 6.42 Å².